The summed E-state index contributed by atoms with van der Waals surface area (Å²) < 4.78 is 39.0. The monoisotopic (exact) mass is 346 g/mol. The number of halogens is 3. The van der Waals surface area contributed by atoms with Gasteiger partial charge in [-0.1, -0.05) is 0 Å². The van der Waals surface area contributed by atoms with Gasteiger partial charge in [-0.15, -0.1) is 11.8 Å². The molecule has 1 aliphatic rings. The molecule has 1 aromatic carbocycles. The summed E-state index contributed by atoms with van der Waals surface area (Å²) in [6.45, 7) is 6.57. The number of amides is 2. The van der Waals surface area contributed by atoms with Crippen LogP contribution in [0.15, 0.2) is 17.0 Å². The highest BCUT2D eigenvalue weighted by atomic mass is 32.2. The number of carbonyl (C=O) groups excluding carboxylic acids is 2. The Kier molecular flexibility index (Phi) is 4.40. The van der Waals surface area contributed by atoms with Crippen LogP contribution >= 0.6 is 11.8 Å². The van der Waals surface area contributed by atoms with Crippen LogP contribution < -0.4 is 10.6 Å². The smallest absolute Gasteiger partial charge is 0.350 e. The maximum atomic E-state index is 13.3. The van der Waals surface area contributed by atoms with Crippen LogP contribution in [0.2, 0.25) is 0 Å². The molecule has 0 bridgehead atoms. The standard InChI is InChI=1S/C15H17F3N2O2S/c1-7(2)19-12(21)8-5-10-11(6-9(8)15(16,17)18)23-14(3,4)13(22)20-10/h5-7H,1-4H3,(H,19,21)(H,20,22). The van der Waals surface area contributed by atoms with E-state index >= 15 is 0 Å². The van der Waals surface area contributed by atoms with Crippen LogP contribution in [0, 0.1) is 0 Å². The first-order valence-corrected chi connectivity index (χ1v) is 7.80. The Hall–Kier alpha value is -1.70. The minimum Gasteiger partial charge on any atom is -0.350 e. The Morgan fingerprint density at radius 3 is 2.43 bits per heavy atom. The van der Waals surface area contributed by atoms with Gasteiger partial charge < -0.3 is 10.6 Å². The van der Waals surface area contributed by atoms with Crippen molar-refractivity contribution in [2.45, 2.75) is 49.6 Å². The average Bonchev–Trinajstić information content (AvgIpc) is 2.36. The molecule has 0 spiro atoms. The molecule has 0 fully saturated rings. The molecule has 126 valence electrons. The van der Waals surface area contributed by atoms with Crippen molar-refractivity contribution in [2.24, 2.45) is 0 Å². The second-order valence-corrected chi connectivity index (χ2v) is 7.75. The highest BCUT2D eigenvalue weighted by molar-refractivity contribution is 8.01. The zero-order chi connectivity index (χ0) is 17.6. The number of hydrogen-bond donors (Lipinski definition) is 2. The van der Waals surface area contributed by atoms with Crippen LogP contribution in [0.1, 0.15) is 43.6 Å². The van der Waals surface area contributed by atoms with Gasteiger partial charge in [-0.25, -0.2) is 0 Å². The summed E-state index contributed by atoms with van der Waals surface area (Å²) in [6, 6.07) is 1.72. The van der Waals surface area contributed by atoms with Crippen LogP contribution in [0.3, 0.4) is 0 Å². The third-order valence-electron chi connectivity index (χ3n) is 3.25. The molecule has 1 heterocycles. The Bertz CT molecular complexity index is 669. The molecule has 0 aromatic heterocycles. The predicted octanol–water partition coefficient (Wildman–Crippen LogP) is 3.67. The lowest BCUT2D eigenvalue weighted by Gasteiger charge is -2.31. The second-order valence-electron chi connectivity index (χ2n) is 6.09. The van der Waals surface area contributed by atoms with E-state index in [-0.39, 0.29) is 17.6 Å². The van der Waals surface area contributed by atoms with Crippen molar-refractivity contribution < 1.29 is 22.8 Å². The number of anilines is 1. The van der Waals surface area contributed by atoms with Gasteiger partial charge in [-0.2, -0.15) is 13.2 Å². The summed E-state index contributed by atoms with van der Waals surface area (Å²) in [5.41, 5.74) is -1.28. The topological polar surface area (TPSA) is 58.2 Å². The highest BCUT2D eigenvalue weighted by Gasteiger charge is 2.40. The number of benzene rings is 1. The van der Waals surface area contributed by atoms with E-state index in [0.29, 0.717) is 4.90 Å². The molecule has 23 heavy (non-hydrogen) atoms. The van der Waals surface area contributed by atoms with Gasteiger partial charge in [0.05, 0.1) is 21.6 Å². The van der Waals surface area contributed by atoms with Crippen molar-refractivity contribution in [1.29, 1.82) is 0 Å². The zero-order valence-corrected chi connectivity index (χ0v) is 13.9. The van der Waals surface area contributed by atoms with E-state index in [4.69, 9.17) is 0 Å². The summed E-state index contributed by atoms with van der Waals surface area (Å²) in [4.78, 5) is 24.3. The summed E-state index contributed by atoms with van der Waals surface area (Å²) in [5.74, 6) is -1.14. The molecule has 0 saturated carbocycles. The average molecular weight is 346 g/mol. The SMILES string of the molecule is CC(C)NC(=O)c1cc2c(cc1C(F)(F)F)SC(C)(C)C(=O)N2. The number of nitrogens with one attached hydrogen (secondary N) is 2. The molecule has 1 aliphatic heterocycles. The first-order chi connectivity index (χ1) is 10.4. The molecular weight excluding hydrogens is 329 g/mol. The summed E-state index contributed by atoms with van der Waals surface area (Å²) in [5, 5.41) is 5.02. The lowest BCUT2D eigenvalue weighted by atomic mass is 10.0. The van der Waals surface area contributed by atoms with E-state index in [2.05, 4.69) is 10.6 Å². The normalized spacial score (nSPS) is 16.8. The first kappa shape index (κ1) is 17.7. The molecule has 0 aliphatic carbocycles. The van der Waals surface area contributed by atoms with Gasteiger partial charge in [0.15, 0.2) is 0 Å². The largest absolute Gasteiger partial charge is 0.417 e. The predicted molar refractivity (Wildman–Crippen MR) is 82.6 cm³/mol. The number of fused-ring (bicyclic) bond motifs is 1. The van der Waals surface area contributed by atoms with Crippen LogP contribution in [-0.4, -0.2) is 22.6 Å². The van der Waals surface area contributed by atoms with Crippen molar-refractivity contribution in [3.63, 3.8) is 0 Å². The van der Waals surface area contributed by atoms with Gasteiger partial charge in [0, 0.05) is 10.9 Å². The molecule has 8 heteroatoms. The van der Waals surface area contributed by atoms with Crippen LogP contribution in [-0.2, 0) is 11.0 Å². The summed E-state index contributed by atoms with van der Waals surface area (Å²) in [6.07, 6.45) is -4.66. The molecule has 2 N–H and O–H groups in total. The van der Waals surface area contributed by atoms with E-state index in [1.165, 1.54) is 0 Å². The lowest BCUT2D eigenvalue weighted by molar-refractivity contribution is -0.138. The van der Waals surface area contributed by atoms with Crippen molar-refractivity contribution in [3.05, 3.63) is 23.3 Å². The molecule has 2 amide bonds. The van der Waals surface area contributed by atoms with E-state index in [1.807, 2.05) is 0 Å². The van der Waals surface area contributed by atoms with Gasteiger partial charge in [0.2, 0.25) is 5.91 Å². The molecule has 0 atom stereocenters. The number of rotatable bonds is 2. The summed E-state index contributed by atoms with van der Waals surface area (Å²) >= 11 is 1.04. The molecule has 1 aromatic rings. The van der Waals surface area contributed by atoms with E-state index in [0.717, 1.165) is 23.9 Å². The Morgan fingerprint density at radius 1 is 1.30 bits per heavy atom. The highest BCUT2D eigenvalue weighted by Crippen LogP contribution is 2.45. The maximum absolute atomic E-state index is 13.3. The molecule has 2 rings (SSSR count). The van der Waals surface area contributed by atoms with Gasteiger partial charge in [-0.05, 0) is 39.8 Å². The number of thioether (sulfide) groups is 1. The van der Waals surface area contributed by atoms with Crippen LogP contribution in [0.4, 0.5) is 18.9 Å². The molecule has 0 saturated heterocycles. The number of carbonyl (C=O) groups is 2. The fraction of sp³-hybridized carbons (Fsp3) is 0.467. The Balaban J connectivity index is 2.57. The van der Waals surface area contributed by atoms with Crippen LogP contribution in [0.25, 0.3) is 0 Å². The molecule has 4 nitrogen and oxygen atoms in total. The Morgan fingerprint density at radius 2 is 1.91 bits per heavy atom. The number of alkyl halides is 3. The molecule has 0 radical (unpaired) electrons. The first-order valence-electron chi connectivity index (χ1n) is 6.98. The van der Waals surface area contributed by atoms with Gasteiger partial charge in [0.1, 0.15) is 0 Å². The third kappa shape index (κ3) is 3.63. The van der Waals surface area contributed by atoms with Crippen LogP contribution in [0.5, 0.6) is 0 Å². The number of hydrogen-bond acceptors (Lipinski definition) is 3. The maximum Gasteiger partial charge on any atom is 0.417 e. The molecule has 0 unspecified atom stereocenters. The fourth-order valence-electron chi connectivity index (χ4n) is 2.12. The second kappa shape index (κ2) is 5.74. The zero-order valence-electron chi connectivity index (χ0n) is 13.1. The minimum atomic E-state index is -4.66. The van der Waals surface area contributed by atoms with Gasteiger partial charge in [-0.3, -0.25) is 9.59 Å². The van der Waals surface area contributed by atoms with Crippen molar-refractivity contribution in [1.82, 2.24) is 5.32 Å². The van der Waals surface area contributed by atoms with E-state index in [1.54, 1.807) is 27.7 Å². The third-order valence-corrected chi connectivity index (χ3v) is 4.50. The van der Waals surface area contributed by atoms with Gasteiger partial charge >= 0.3 is 6.18 Å². The summed E-state index contributed by atoms with van der Waals surface area (Å²) in [7, 11) is 0. The van der Waals surface area contributed by atoms with Crippen molar-refractivity contribution >= 4 is 29.3 Å². The quantitative estimate of drug-likeness (QED) is 0.859. The molecular formula is C15H17F3N2O2S. The minimum absolute atomic E-state index is 0.223. The lowest BCUT2D eigenvalue weighted by Crippen LogP contribution is -2.38. The van der Waals surface area contributed by atoms with Crippen molar-refractivity contribution in [2.75, 3.05) is 5.32 Å². The van der Waals surface area contributed by atoms with Crippen molar-refractivity contribution in [3.8, 4) is 0 Å². The van der Waals surface area contributed by atoms with Gasteiger partial charge in [0.25, 0.3) is 5.91 Å². The van der Waals surface area contributed by atoms with E-state index < -0.39 is 28.0 Å². The van der Waals surface area contributed by atoms with E-state index in [9.17, 15) is 22.8 Å². The fourth-order valence-corrected chi connectivity index (χ4v) is 3.21. The Labute approximate surface area is 136 Å².